The first-order valence-corrected chi connectivity index (χ1v) is 7.02. The van der Waals surface area contributed by atoms with Gasteiger partial charge in [0.2, 0.25) is 5.91 Å². The van der Waals surface area contributed by atoms with E-state index in [2.05, 4.69) is 15.3 Å². The van der Waals surface area contributed by atoms with Crippen molar-refractivity contribution in [2.45, 2.75) is 33.2 Å². The van der Waals surface area contributed by atoms with Crippen LogP contribution in [-0.2, 0) is 11.3 Å². The average Bonchev–Trinajstić information content (AvgIpc) is 2.88. The molecular formula is C13H20F4N4O. The Morgan fingerprint density at radius 3 is 2.41 bits per heavy atom. The van der Waals surface area contributed by atoms with Crippen LogP contribution in [0, 0.1) is 0 Å². The Bertz CT molecular complexity index is 475. The van der Waals surface area contributed by atoms with Crippen molar-refractivity contribution in [2.24, 2.45) is 0 Å². The van der Waals surface area contributed by atoms with Crippen molar-refractivity contribution < 1.29 is 22.4 Å². The van der Waals surface area contributed by atoms with E-state index < -0.39 is 36.7 Å². The van der Waals surface area contributed by atoms with E-state index in [4.69, 9.17) is 0 Å². The molecule has 0 aliphatic rings. The van der Waals surface area contributed by atoms with Crippen molar-refractivity contribution in [3.05, 3.63) is 17.5 Å². The molecule has 0 saturated heterocycles. The van der Waals surface area contributed by atoms with Gasteiger partial charge >= 0.3 is 0 Å². The molecule has 5 nitrogen and oxygen atoms in total. The van der Waals surface area contributed by atoms with Gasteiger partial charge in [-0.25, -0.2) is 17.6 Å². The lowest BCUT2D eigenvalue weighted by Crippen LogP contribution is -2.36. The Morgan fingerprint density at radius 1 is 1.27 bits per heavy atom. The molecule has 1 heterocycles. The third-order valence-corrected chi connectivity index (χ3v) is 3.22. The van der Waals surface area contributed by atoms with Crippen LogP contribution in [0.3, 0.4) is 0 Å². The van der Waals surface area contributed by atoms with Crippen molar-refractivity contribution >= 4 is 5.91 Å². The van der Waals surface area contributed by atoms with Crippen molar-refractivity contribution in [2.75, 3.05) is 26.2 Å². The number of halogens is 4. The second-order valence-electron chi connectivity index (χ2n) is 4.63. The molecule has 0 unspecified atom stereocenters. The predicted octanol–water partition coefficient (Wildman–Crippen LogP) is 2.22. The van der Waals surface area contributed by atoms with E-state index in [1.807, 2.05) is 13.8 Å². The molecule has 0 aliphatic heterocycles. The number of carbonyl (C=O) groups excluding carboxylic acids is 1. The van der Waals surface area contributed by atoms with Crippen molar-refractivity contribution in [3.63, 3.8) is 0 Å². The number of hydrogen-bond donors (Lipinski definition) is 1. The molecule has 9 heteroatoms. The monoisotopic (exact) mass is 324 g/mol. The Hall–Kier alpha value is -1.64. The molecule has 1 aromatic heterocycles. The minimum Gasteiger partial charge on any atom is -0.353 e. The first-order valence-electron chi connectivity index (χ1n) is 7.02. The fourth-order valence-electron chi connectivity index (χ4n) is 1.95. The number of nitrogens with zero attached hydrogens (tertiary/aromatic N) is 3. The normalized spacial score (nSPS) is 11.7. The Kier molecular flexibility index (Phi) is 7.30. The Balaban J connectivity index is 2.60. The summed E-state index contributed by atoms with van der Waals surface area (Å²) in [5.41, 5.74) is -1.44. The number of carbonyl (C=O) groups is 1. The van der Waals surface area contributed by atoms with Gasteiger partial charge in [-0.1, -0.05) is 13.8 Å². The summed E-state index contributed by atoms with van der Waals surface area (Å²) < 4.78 is 51.2. The molecule has 1 rings (SSSR count). The topological polar surface area (TPSA) is 50.2 Å². The molecule has 0 bridgehead atoms. The quantitative estimate of drug-likeness (QED) is 0.709. The van der Waals surface area contributed by atoms with Crippen molar-refractivity contribution in [1.29, 1.82) is 0 Å². The Labute approximate surface area is 126 Å². The third kappa shape index (κ3) is 5.28. The lowest BCUT2D eigenvalue weighted by Gasteiger charge is -2.18. The summed E-state index contributed by atoms with van der Waals surface area (Å²) >= 11 is 0. The zero-order valence-electron chi connectivity index (χ0n) is 12.5. The van der Waals surface area contributed by atoms with Gasteiger partial charge in [0.15, 0.2) is 0 Å². The van der Waals surface area contributed by atoms with Crippen LogP contribution in [0.2, 0.25) is 0 Å². The van der Waals surface area contributed by atoms with Gasteiger partial charge in [0, 0.05) is 13.1 Å². The summed E-state index contributed by atoms with van der Waals surface area (Å²) in [6, 6.07) is 0.624. The fraction of sp³-hybridized carbons (Fsp3) is 0.692. The van der Waals surface area contributed by atoms with Gasteiger partial charge in [-0.2, -0.15) is 5.10 Å². The van der Waals surface area contributed by atoms with Crippen LogP contribution in [0.1, 0.15) is 38.1 Å². The number of hydrogen-bond acceptors (Lipinski definition) is 3. The van der Waals surface area contributed by atoms with Crippen LogP contribution >= 0.6 is 0 Å². The lowest BCUT2D eigenvalue weighted by atomic mass is 10.3. The largest absolute Gasteiger partial charge is 0.353 e. The van der Waals surface area contributed by atoms with Crippen molar-refractivity contribution in [1.82, 2.24) is 20.0 Å². The minimum absolute atomic E-state index is 0.355. The highest BCUT2D eigenvalue weighted by Gasteiger charge is 2.22. The number of alkyl halides is 4. The molecule has 22 heavy (non-hydrogen) atoms. The molecule has 126 valence electrons. The molecule has 0 radical (unpaired) electrons. The second kappa shape index (κ2) is 8.72. The number of aromatic nitrogens is 2. The van der Waals surface area contributed by atoms with Gasteiger partial charge in [-0.05, 0) is 19.2 Å². The summed E-state index contributed by atoms with van der Waals surface area (Å²) in [4.78, 5) is 13.8. The van der Waals surface area contributed by atoms with E-state index in [-0.39, 0.29) is 0 Å². The van der Waals surface area contributed by atoms with Crippen LogP contribution in [0.4, 0.5) is 17.6 Å². The summed E-state index contributed by atoms with van der Waals surface area (Å²) in [5.74, 6) is -0.544. The van der Waals surface area contributed by atoms with E-state index in [0.717, 1.165) is 13.1 Å². The van der Waals surface area contributed by atoms with E-state index in [1.165, 1.54) is 0 Å². The maximum atomic E-state index is 12.8. The molecular weight excluding hydrogens is 304 g/mol. The molecule has 0 aliphatic carbocycles. The zero-order chi connectivity index (χ0) is 16.7. The zero-order valence-corrected chi connectivity index (χ0v) is 12.5. The Morgan fingerprint density at radius 2 is 1.91 bits per heavy atom. The van der Waals surface area contributed by atoms with Crippen LogP contribution in [0.25, 0.3) is 0 Å². The highest BCUT2D eigenvalue weighted by Crippen LogP contribution is 2.24. The highest BCUT2D eigenvalue weighted by atomic mass is 19.3. The van der Waals surface area contributed by atoms with E-state index in [1.54, 1.807) is 0 Å². The molecule has 0 aromatic carbocycles. The SMILES string of the molecule is CCN(CC)CCNC(=O)Cn1nc(C(F)F)cc1C(F)F. The van der Waals surface area contributed by atoms with Gasteiger partial charge in [0.25, 0.3) is 12.9 Å². The highest BCUT2D eigenvalue weighted by molar-refractivity contribution is 5.75. The smallest absolute Gasteiger partial charge is 0.282 e. The van der Waals surface area contributed by atoms with E-state index in [0.29, 0.717) is 23.8 Å². The number of amides is 1. The molecule has 0 atom stereocenters. The molecule has 1 amide bonds. The van der Waals surface area contributed by atoms with E-state index in [9.17, 15) is 22.4 Å². The van der Waals surface area contributed by atoms with Crippen LogP contribution in [0.15, 0.2) is 6.07 Å². The summed E-state index contributed by atoms with van der Waals surface area (Å²) in [6.07, 6.45) is -5.92. The molecule has 1 N–H and O–H groups in total. The third-order valence-electron chi connectivity index (χ3n) is 3.22. The molecule has 0 fully saturated rings. The minimum atomic E-state index is -2.97. The van der Waals surface area contributed by atoms with Gasteiger partial charge in [-0.15, -0.1) is 0 Å². The summed E-state index contributed by atoms with van der Waals surface area (Å²) in [7, 11) is 0. The van der Waals surface area contributed by atoms with Gasteiger partial charge in [-0.3, -0.25) is 9.48 Å². The predicted molar refractivity (Wildman–Crippen MR) is 72.9 cm³/mol. The molecule has 0 saturated carbocycles. The number of nitrogens with one attached hydrogen (secondary N) is 1. The number of rotatable bonds is 9. The van der Waals surface area contributed by atoms with Crippen LogP contribution < -0.4 is 5.32 Å². The van der Waals surface area contributed by atoms with Gasteiger partial charge in [0.05, 0.1) is 0 Å². The van der Waals surface area contributed by atoms with E-state index >= 15 is 0 Å². The van der Waals surface area contributed by atoms with Crippen LogP contribution in [0.5, 0.6) is 0 Å². The summed E-state index contributed by atoms with van der Waals surface area (Å²) in [5, 5.41) is 5.92. The standard InChI is InChI=1S/C13H20F4N4O/c1-3-20(4-2)6-5-18-11(22)8-21-10(13(16)17)7-9(19-21)12(14)15/h7,12-13H,3-6,8H2,1-2H3,(H,18,22). The fourth-order valence-corrected chi connectivity index (χ4v) is 1.95. The van der Waals surface area contributed by atoms with Gasteiger partial charge < -0.3 is 10.2 Å². The average molecular weight is 324 g/mol. The number of likely N-dealkylation sites (N-methyl/N-ethyl adjacent to an activating group) is 1. The van der Waals surface area contributed by atoms with Crippen LogP contribution in [-0.4, -0.2) is 46.8 Å². The van der Waals surface area contributed by atoms with Crippen molar-refractivity contribution in [3.8, 4) is 0 Å². The maximum absolute atomic E-state index is 12.8. The first kappa shape index (κ1) is 18.4. The lowest BCUT2D eigenvalue weighted by molar-refractivity contribution is -0.122. The molecule has 1 aromatic rings. The first-order chi connectivity index (χ1) is 10.4. The summed E-state index contributed by atoms with van der Waals surface area (Å²) in [6.45, 7) is 6.10. The van der Waals surface area contributed by atoms with Gasteiger partial charge in [0.1, 0.15) is 17.9 Å². The molecule has 0 spiro atoms. The second-order valence-corrected chi connectivity index (χ2v) is 4.63. The maximum Gasteiger partial charge on any atom is 0.282 e.